The third-order valence-electron chi connectivity index (χ3n) is 2.95. The highest BCUT2D eigenvalue weighted by Gasteiger charge is 2.14. The van der Waals surface area contributed by atoms with Gasteiger partial charge in [-0.3, -0.25) is 4.68 Å². The third kappa shape index (κ3) is 2.02. The van der Waals surface area contributed by atoms with E-state index >= 15 is 0 Å². The lowest BCUT2D eigenvalue weighted by Gasteiger charge is -2.06. The summed E-state index contributed by atoms with van der Waals surface area (Å²) in [6.07, 6.45) is 1.47. The van der Waals surface area contributed by atoms with Gasteiger partial charge in [0.25, 0.3) is 0 Å². The van der Waals surface area contributed by atoms with E-state index in [9.17, 15) is 5.11 Å². The molecule has 0 fully saturated rings. The molecule has 0 aliphatic rings. The van der Waals surface area contributed by atoms with Crippen LogP contribution in [0.3, 0.4) is 0 Å². The number of hydrogen-bond acceptors (Lipinski definition) is 4. The van der Waals surface area contributed by atoms with Gasteiger partial charge in [-0.1, -0.05) is 18.2 Å². The van der Waals surface area contributed by atoms with Crippen LogP contribution in [0.4, 0.5) is 0 Å². The predicted octanol–water partition coefficient (Wildman–Crippen LogP) is 2.31. The third-order valence-corrected chi connectivity index (χ3v) is 4.17. The highest BCUT2D eigenvalue weighted by atomic mass is 32.1. The van der Waals surface area contributed by atoms with E-state index in [1.807, 2.05) is 25.2 Å². The molecule has 3 rings (SSSR count). The highest BCUT2D eigenvalue weighted by Crippen LogP contribution is 2.30. The predicted molar refractivity (Wildman–Crippen MR) is 71.5 cm³/mol. The van der Waals surface area contributed by atoms with E-state index in [1.165, 1.54) is 16.4 Å². The maximum atomic E-state index is 10.2. The molecule has 5 heteroatoms. The molecule has 1 unspecified atom stereocenters. The van der Waals surface area contributed by atoms with Gasteiger partial charge in [0.15, 0.2) is 0 Å². The van der Waals surface area contributed by atoms with Crippen molar-refractivity contribution in [3.63, 3.8) is 0 Å². The van der Waals surface area contributed by atoms with Crippen molar-refractivity contribution in [1.29, 1.82) is 0 Å². The van der Waals surface area contributed by atoms with E-state index in [1.54, 1.807) is 16.0 Å². The molecule has 0 spiro atoms. The van der Waals surface area contributed by atoms with Crippen LogP contribution < -0.4 is 0 Å². The summed E-state index contributed by atoms with van der Waals surface area (Å²) in [6, 6.07) is 10.2. The SMILES string of the molecule is Cn1ncnc1CC(O)c1cc2ccccc2s1. The summed E-state index contributed by atoms with van der Waals surface area (Å²) in [5.41, 5.74) is 0. The first-order valence-electron chi connectivity index (χ1n) is 5.73. The first-order chi connectivity index (χ1) is 8.74. The Balaban J connectivity index is 1.88. The second-order valence-corrected chi connectivity index (χ2v) is 5.32. The Bertz CT molecular complexity index is 640. The summed E-state index contributed by atoms with van der Waals surface area (Å²) in [7, 11) is 1.83. The van der Waals surface area contributed by atoms with Crippen LogP contribution in [-0.4, -0.2) is 19.9 Å². The number of benzene rings is 1. The summed E-state index contributed by atoms with van der Waals surface area (Å²) in [5, 5.41) is 15.4. The minimum Gasteiger partial charge on any atom is -0.387 e. The molecule has 0 aliphatic carbocycles. The monoisotopic (exact) mass is 259 g/mol. The normalized spacial score (nSPS) is 13.0. The standard InChI is InChI=1S/C13H13N3OS/c1-16-13(14-8-15-16)7-10(17)12-6-9-4-2-3-5-11(9)18-12/h2-6,8,10,17H,7H2,1H3. The summed E-state index contributed by atoms with van der Waals surface area (Å²) in [4.78, 5) is 5.10. The number of hydrogen-bond donors (Lipinski definition) is 1. The van der Waals surface area contributed by atoms with E-state index in [2.05, 4.69) is 22.2 Å². The summed E-state index contributed by atoms with van der Waals surface area (Å²) < 4.78 is 2.89. The molecule has 0 saturated carbocycles. The molecule has 0 saturated heterocycles. The molecule has 2 heterocycles. The van der Waals surface area contributed by atoms with Crippen LogP contribution in [0.5, 0.6) is 0 Å². The number of aromatic nitrogens is 3. The second-order valence-electron chi connectivity index (χ2n) is 4.21. The van der Waals surface area contributed by atoms with Gasteiger partial charge >= 0.3 is 0 Å². The van der Waals surface area contributed by atoms with Crippen molar-refractivity contribution in [2.75, 3.05) is 0 Å². The minimum absolute atomic E-state index is 0.489. The fourth-order valence-electron chi connectivity index (χ4n) is 1.95. The molecule has 1 aromatic carbocycles. The summed E-state index contributed by atoms with van der Waals surface area (Å²) >= 11 is 1.63. The zero-order valence-electron chi connectivity index (χ0n) is 9.95. The van der Waals surface area contributed by atoms with Gasteiger partial charge in [0.1, 0.15) is 12.2 Å². The fraction of sp³-hybridized carbons (Fsp3) is 0.231. The summed E-state index contributed by atoms with van der Waals surface area (Å²) in [5.74, 6) is 0.792. The van der Waals surface area contributed by atoms with Crippen molar-refractivity contribution in [1.82, 2.24) is 14.8 Å². The lowest BCUT2D eigenvalue weighted by molar-refractivity contribution is 0.178. The maximum absolute atomic E-state index is 10.2. The van der Waals surface area contributed by atoms with Crippen LogP contribution in [0.25, 0.3) is 10.1 Å². The first kappa shape index (κ1) is 11.4. The number of fused-ring (bicyclic) bond motifs is 1. The van der Waals surface area contributed by atoms with Gasteiger partial charge in [0, 0.05) is 23.0 Å². The number of aryl methyl sites for hydroxylation is 1. The molecular weight excluding hydrogens is 246 g/mol. The van der Waals surface area contributed by atoms with Crippen molar-refractivity contribution >= 4 is 21.4 Å². The van der Waals surface area contributed by atoms with Crippen LogP contribution in [0.15, 0.2) is 36.7 Å². The number of nitrogens with zero attached hydrogens (tertiary/aromatic N) is 3. The molecule has 1 atom stereocenters. The molecule has 0 amide bonds. The van der Waals surface area contributed by atoms with Crippen LogP contribution in [-0.2, 0) is 13.5 Å². The Morgan fingerprint density at radius 1 is 1.39 bits per heavy atom. The van der Waals surface area contributed by atoms with E-state index in [0.717, 1.165) is 10.7 Å². The molecule has 1 N–H and O–H groups in total. The Labute approximate surface area is 109 Å². The lowest BCUT2D eigenvalue weighted by Crippen LogP contribution is -2.06. The Morgan fingerprint density at radius 2 is 2.22 bits per heavy atom. The van der Waals surface area contributed by atoms with Gasteiger partial charge in [-0.2, -0.15) is 5.10 Å². The van der Waals surface area contributed by atoms with E-state index in [4.69, 9.17) is 0 Å². The zero-order valence-corrected chi connectivity index (χ0v) is 10.8. The van der Waals surface area contributed by atoms with E-state index < -0.39 is 6.10 Å². The average Bonchev–Trinajstić information content (AvgIpc) is 2.96. The molecule has 18 heavy (non-hydrogen) atoms. The Morgan fingerprint density at radius 3 is 2.94 bits per heavy atom. The van der Waals surface area contributed by atoms with Gasteiger partial charge in [-0.05, 0) is 17.5 Å². The quantitative estimate of drug-likeness (QED) is 0.785. The molecule has 0 radical (unpaired) electrons. The topological polar surface area (TPSA) is 50.9 Å². The molecule has 2 aromatic heterocycles. The van der Waals surface area contributed by atoms with Gasteiger partial charge in [-0.15, -0.1) is 11.3 Å². The van der Waals surface area contributed by atoms with Gasteiger partial charge in [-0.25, -0.2) is 4.98 Å². The van der Waals surface area contributed by atoms with Crippen molar-refractivity contribution in [3.8, 4) is 0 Å². The van der Waals surface area contributed by atoms with Gasteiger partial charge in [0.05, 0.1) is 6.10 Å². The van der Waals surface area contributed by atoms with Crippen LogP contribution in [0.1, 0.15) is 16.8 Å². The molecule has 0 aliphatic heterocycles. The molecule has 3 aromatic rings. The second kappa shape index (κ2) is 4.51. The van der Waals surface area contributed by atoms with Gasteiger partial charge in [0.2, 0.25) is 0 Å². The van der Waals surface area contributed by atoms with Crippen LogP contribution in [0, 0.1) is 0 Å². The highest BCUT2D eigenvalue weighted by molar-refractivity contribution is 7.19. The minimum atomic E-state index is -0.523. The van der Waals surface area contributed by atoms with Crippen LogP contribution >= 0.6 is 11.3 Å². The van der Waals surface area contributed by atoms with E-state index in [0.29, 0.717) is 6.42 Å². The number of thiophene rings is 1. The van der Waals surface area contributed by atoms with Crippen molar-refractivity contribution in [3.05, 3.63) is 47.4 Å². The van der Waals surface area contributed by atoms with Crippen molar-refractivity contribution < 1.29 is 5.11 Å². The lowest BCUT2D eigenvalue weighted by atomic mass is 10.2. The largest absolute Gasteiger partial charge is 0.387 e. The summed E-state index contributed by atoms with van der Waals surface area (Å²) in [6.45, 7) is 0. The fourth-order valence-corrected chi connectivity index (χ4v) is 3.00. The van der Waals surface area contributed by atoms with Crippen molar-refractivity contribution in [2.45, 2.75) is 12.5 Å². The number of aliphatic hydroxyl groups excluding tert-OH is 1. The zero-order chi connectivity index (χ0) is 12.5. The molecular formula is C13H13N3OS. The Hall–Kier alpha value is -1.72. The number of aliphatic hydroxyl groups is 1. The molecule has 4 nitrogen and oxygen atoms in total. The van der Waals surface area contributed by atoms with Crippen molar-refractivity contribution in [2.24, 2.45) is 7.05 Å². The first-order valence-corrected chi connectivity index (χ1v) is 6.55. The average molecular weight is 259 g/mol. The number of rotatable bonds is 3. The van der Waals surface area contributed by atoms with Crippen LogP contribution in [0.2, 0.25) is 0 Å². The molecule has 0 bridgehead atoms. The maximum Gasteiger partial charge on any atom is 0.138 e. The van der Waals surface area contributed by atoms with E-state index in [-0.39, 0.29) is 0 Å². The smallest absolute Gasteiger partial charge is 0.138 e. The Kier molecular flexibility index (Phi) is 2.85. The van der Waals surface area contributed by atoms with Gasteiger partial charge < -0.3 is 5.11 Å². The molecule has 92 valence electrons.